The smallest absolute Gasteiger partial charge is 0.339 e. The van der Waals surface area contributed by atoms with Crippen LogP contribution < -0.4 is 0 Å². The Labute approximate surface area is 96.5 Å². The van der Waals surface area contributed by atoms with Crippen LogP contribution in [0.2, 0.25) is 10.0 Å². The largest absolute Gasteiger partial charge is 0.505 e. The van der Waals surface area contributed by atoms with Gasteiger partial charge in [0.15, 0.2) is 0 Å². The van der Waals surface area contributed by atoms with Crippen molar-refractivity contribution in [2.45, 2.75) is 0 Å². The fraction of sp³-hybridized carbons (Fsp3) is 0. The van der Waals surface area contributed by atoms with Gasteiger partial charge in [-0.05, 0) is 12.1 Å². The zero-order chi connectivity index (χ0) is 9.30. The molecule has 0 unspecified atom stereocenters. The molecule has 0 heterocycles. The molecule has 0 aliphatic carbocycles. The molecular weight excluding hydrogens is 210 g/mol. The predicted octanol–water partition coefficient (Wildman–Crippen LogP) is 2.02. The van der Waals surface area contributed by atoms with E-state index in [0.717, 1.165) is 6.07 Å². The van der Waals surface area contributed by atoms with E-state index < -0.39 is 11.7 Å². The van der Waals surface area contributed by atoms with Crippen LogP contribution in [0.25, 0.3) is 0 Å². The van der Waals surface area contributed by atoms with Gasteiger partial charge in [-0.3, -0.25) is 0 Å². The maximum absolute atomic E-state index is 10.4. The molecule has 1 aromatic rings. The van der Waals surface area contributed by atoms with Gasteiger partial charge in [-0.1, -0.05) is 23.2 Å². The summed E-state index contributed by atoms with van der Waals surface area (Å²) in [6.07, 6.45) is 0. The van der Waals surface area contributed by atoms with Gasteiger partial charge in [0.1, 0.15) is 11.3 Å². The van der Waals surface area contributed by atoms with Gasteiger partial charge in [0, 0.05) is 23.9 Å². The van der Waals surface area contributed by atoms with E-state index in [1.165, 1.54) is 6.07 Å². The number of halogens is 2. The number of carboxylic acids is 1. The van der Waals surface area contributed by atoms with Crippen molar-refractivity contribution in [1.29, 1.82) is 0 Å². The normalized spacial score (nSPS) is 9.08. The number of aromatic carboxylic acids is 1. The maximum Gasteiger partial charge on any atom is 0.339 e. The van der Waals surface area contributed by atoms with Crippen molar-refractivity contribution in [3.8, 4) is 5.75 Å². The van der Waals surface area contributed by atoms with E-state index in [4.69, 9.17) is 33.4 Å². The number of phenols is 1. The second kappa shape index (κ2) is 4.78. The van der Waals surface area contributed by atoms with Gasteiger partial charge < -0.3 is 10.2 Å². The van der Waals surface area contributed by atoms with Gasteiger partial charge >= 0.3 is 5.97 Å². The standard InChI is InChI=1S/C7H4Cl2O3.Li/c8-3-1-4(7(11)12)6(10)5(9)2-3;/h1-2,10H,(H,11,12);. The fourth-order valence-corrected chi connectivity index (χ4v) is 1.22. The molecule has 0 amide bonds. The van der Waals surface area contributed by atoms with Gasteiger partial charge in [-0.2, -0.15) is 0 Å². The summed E-state index contributed by atoms with van der Waals surface area (Å²) < 4.78 is 0. The number of hydrogen-bond acceptors (Lipinski definition) is 2. The minimum atomic E-state index is -1.27. The van der Waals surface area contributed by atoms with Crippen LogP contribution in [0.1, 0.15) is 10.4 Å². The van der Waals surface area contributed by atoms with Crippen LogP contribution in [0.15, 0.2) is 12.1 Å². The Morgan fingerprint density at radius 1 is 1.31 bits per heavy atom. The van der Waals surface area contributed by atoms with Gasteiger partial charge in [0.2, 0.25) is 0 Å². The first-order chi connectivity index (χ1) is 5.52. The van der Waals surface area contributed by atoms with Crippen molar-refractivity contribution in [1.82, 2.24) is 0 Å². The molecule has 0 fully saturated rings. The zero-order valence-corrected chi connectivity index (χ0v) is 8.23. The van der Waals surface area contributed by atoms with Gasteiger partial charge in [0.05, 0.1) is 5.02 Å². The van der Waals surface area contributed by atoms with Crippen LogP contribution in [0.5, 0.6) is 5.75 Å². The Balaban J connectivity index is 0.00000144. The summed E-state index contributed by atoms with van der Waals surface area (Å²) >= 11 is 11.0. The monoisotopic (exact) mass is 213 g/mol. The van der Waals surface area contributed by atoms with Crippen molar-refractivity contribution in [3.63, 3.8) is 0 Å². The van der Waals surface area contributed by atoms with E-state index in [2.05, 4.69) is 0 Å². The van der Waals surface area contributed by atoms with Crippen LogP contribution in [-0.2, 0) is 0 Å². The summed E-state index contributed by atoms with van der Waals surface area (Å²) in [5.74, 6) is -1.73. The van der Waals surface area contributed by atoms with Crippen LogP contribution >= 0.6 is 23.2 Å². The second-order valence-corrected chi connectivity index (χ2v) is 2.93. The van der Waals surface area contributed by atoms with Gasteiger partial charge in [-0.15, -0.1) is 0 Å². The Morgan fingerprint density at radius 3 is 2.31 bits per heavy atom. The zero-order valence-electron chi connectivity index (χ0n) is 6.71. The quantitative estimate of drug-likeness (QED) is 0.703. The van der Waals surface area contributed by atoms with Gasteiger partial charge in [-0.25, -0.2) is 4.79 Å². The number of carboxylic acid groups (broad SMARTS) is 1. The molecule has 65 valence electrons. The van der Waals surface area contributed by atoms with Crippen molar-refractivity contribution in [3.05, 3.63) is 27.7 Å². The van der Waals surface area contributed by atoms with E-state index in [0.29, 0.717) is 0 Å². The second-order valence-electron chi connectivity index (χ2n) is 2.09. The first kappa shape index (κ1) is 12.7. The topological polar surface area (TPSA) is 57.5 Å². The molecule has 0 aliphatic heterocycles. The third-order valence-corrected chi connectivity index (χ3v) is 1.76. The van der Waals surface area contributed by atoms with Crippen LogP contribution in [0.3, 0.4) is 0 Å². The van der Waals surface area contributed by atoms with Crippen molar-refractivity contribution in [2.24, 2.45) is 0 Å². The average molecular weight is 214 g/mol. The summed E-state index contributed by atoms with van der Waals surface area (Å²) in [6.45, 7) is 0. The minimum absolute atomic E-state index is 0. The minimum Gasteiger partial charge on any atom is -0.505 e. The Morgan fingerprint density at radius 2 is 1.85 bits per heavy atom. The van der Waals surface area contributed by atoms with E-state index in [9.17, 15) is 4.79 Å². The maximum atomic E-state index is 10.4. The summed E-state index contributed by atoms with van der Waals surface area (Å²) in [6, 6.07) is 2.40. The summed E-state index contributed by atoms with van der Waals surface area (Å²) in [5, 5.41) is 17.8. The molecule has 6 heteroatoms. The molecular formula is C7H4Cl2LiO3. The summed E-state index contributed by atoms with van der Waals surface area (Å²) in [5.41, 5.74) is -0.299. The number of hydrogen-bond donors (Lipinski definition) is 2. The van der Waals surface area contributed by atoms with Crippen molar-refractivity contribution in [2.75, 3.05) is 0 Å². The first-order valence-electron chi connectivity index (χ1n) is 2.93. The van der Waals surface area contributed by atoms with E-state index in [1.807, 2.05) is 0 Å². The van der Waals surface area contributed by atoms with Gasteiger partial charge in [0.25, 0.3) is 0 Å². The molecule has 0 spiro atoms. The Hall–Kier alpha value is -0.333. The molecule has 1 aromatic carbocycles. The molecule has 1 rings (SSSR count). The van der Waals surface area contributed by atoms with Crippen molar-refractivity contribution < 1.29 is 15.0 Å². The van der Waals surface area contributed by atoms with E-state index in [-0.39, 0.29) is 34.5 Å². The molecule has 1 radical (unpaired) electrons. The molecule has 0 atom stereocenters. The number of rotatable bonds is 1. The van der Waals surface area contributed by atoms with E-state index in [1.54, 1.807) is 0 Å². The summed E-state index contributed by atoms with van der Waals surface area (Å²) in [7, 11) is 0. The fourth-order valence-electron chi connectivity index (χ4n) is 0.729. The first-order valence-corrected chi connectivity index (χ1v) is 3.69. The number of aromatic hydroxyl groups is 1. The van der Waals surface area contributed by atoms with Crippen LogP contribution in [-0.4, -0.2) is 35.0 Å². The summed E-state index contributed by atoms with van der Waals surface area (Å²) in [4.78, 5) is 10.4. The SMILES string of the molecule is O=C(O)c1cc(Cl)cc(Cl)c1O.[Li]. The number of carbonyl (C=O) groups is 1. The van der Waals surface area contributed by atoms with Crippen molar-refractivity contribution >= 4 is 48.0 Å². The average Bonchev–Trinajstić information content (AvgIpc) is 1.96. The molecule has 0 saturated carbocycles. The molecule has 0 saturated heterocycles. The Bertz CT molecular complexity index is 341. The van der Waals surface area contributed by atoms with E-state index >= 15 is 0 Å². The van der Waals surface area contributed by atoms with Crippen LogP contribution in [0, 0.1) is 0 Å². The molecule has 2 N–H and O–H groups in total. The van der Waals surface area contributed by atoms with Crippen LogP contribution in [0.4, 0.5) is 0 Å². The molecule has 13 heavy (non-hydrogen) atoms. The molecule has 0 bridgehead atoms. The molecule has 3 nitrogen and oxygen atoms in total. The molecule has 0 aliphatic rings. The predicted molar refractivity (Wildman–Crippen MR) is 50.8 cm³/mol. The Kier molecular flexibility index (Phi) is 4.66. The molecule has 0 aromatic heterocycles. The third-order valence-electron chi connectivity index (χ3n) is 1.26. The third kappa shape index (κ3) is 2.82. The number of benzene rings is 1.